The third-order valence-corrected chi connectivity index (χ3v) is 5.42. The smallest absolute Gasteiger partial charge is 0.246 e. The molecule has 148 valence electrons. The summed E-state index contributed by atoms with van der Waals surface area (Å²) in [4.78, 5) is 13.3. The SMILES string of the molecule is COC(CC(CCCCNCc1cccs1)C(=O)NO)c1ccc(F)cc1. The number of amides is 1. The molecule has 2 aromatic rings. The van der Waals surface area contributed by atoms with E-state index >= 15 is 0 Å². The molecule has 1 aromatic carbocycles. The van der Waals surface area contributed by atoms with Gasteiger partial charge in [-0.2, -0.15) is 0 Å². The Morgan fingerprint density at radius 2 is 2.04 bits per heavy atom. The van der Waals surface area contributed by atoms with Gasteiger partial charge in [0.25, 0.3) is 0 Å². The lowest BCUT2D eigenvalue weighted by Crippen LogP contribution is -2.29. The summed E-state index contributed by atoms with van der Waals surface area (Å²) in [7, 11) is 1.57. The number of benzene rings is 1. The minimum atomic E-state index is -0.411. The molecular formula is C20H27FN2O3S. The van der Waals surface area contributed by atoms with Gasteiger partial charge in [-0.25, -0.2) is 9.87 Å². The van der Waals surface area contributed by atoms with Crippen molar-refractivity contribution < 1.29 is 19.1 Å². The average molecular weight is 395 g/mol. The number of rotatable bonds is 12. The average Bonchev–Trinajstić information content (AvgIpc) is 3.20. The van der Waals surface area contributed by atoms with Crippen LogP contribution >= 0.6 is 11.3 Å². The molecule has 0 fully saturated rings. The van der Waals surface area contributed by atoms with Crippen LogP contribution in [0.2, 0.25) is 0 Å². The summed E-state index contributed by atoms with van der Waals surface area (Å²) in [5.74, 6) is -1.10. The van der Waals surface area contributed by atoms with Crippen molar-refractivity contribution in [3.8, 4) is 0 Å². The van der Waals surface area contributed by atoms with E-state index in [1.165, 1.54) is 17.0 Å². The summed E-state index contributed by atoms with van der Waals surface area (Å²) < 4.78 is 18.6. The molecule has 0 bridgehead atoms. The van der Waals surface area contributed by atoms with Crippen LogP contribution in [0.1, 0.15) is 42.2 Å². The molecule has 3 N–H and O–H groups in total. The number of methoxy groups -OCH3 is 1. The highest BCUT2D eigenvalue weighted by atomic mass is 32.1. The molecule has 2 rings (SSSR count). The molecule has 0 radical (unpaired) electrons. The zero-order valence-electron chi connectivity index (χ0n) is 15.5. The molecular weight excluding hydrogens is 367 g/mol. The summed E-state index contributed by atoms with van der Waals surface area (Å²) >= 11 is 1.73. The first kappa shape index (κ1) is 21.5. The van der Waals surface area contributed by atoms with E-state index in [0.29, 0.717) is 12.8 Å². The Labute approximate surface area is 163 Å². The Hall–Kier alpha value is -1.80. The first-order valence-corrected chi connectivity index (χ1v) is 9.97. The fourth-order valence-electron chi connectivity index (χ4n) is 3.02. The van der Waals surface area contributed by atoms with Crippen molar-refractivity contribution in [2.45, 2.75) is 38.3 Å². The molecule has 1 aromatic heterocycles. The zero-order valence-corrected chi connectivity index (χ0v) is 16.3. The zero-order chi connectivity index (χ0) is 19.5. The Kier molecular flexibility index (Phi) is 9.41. The molecule has 0 spiro atoms. The molecule has 7 heteroatoms. The quantitative estimate of drug-likeness (QED) is 0.289. The van der Waals surface area contributed by atoms with Gasteiger partial charge < -0.3 is 10.1 Å². The van der Waals surface area contributed by atoms with E-state index in [1.807, 2.05) is 6.07 Å². The van der Waals surface area contributed by atoms with Crippen LogP contribution in [0.3, 0.4) is 0 Å². The number of hydrogen-bond acceptors (Lipinski definition) is 5. The minimum Gasteiger partial charge on any atom is -0.377 e. The van der Waals surface area contributed by atoms with Gasteiger partial charge in [-0.05, 0) is 54.9 Å². The number of thiophene rings is 1. The van der Waals surface area contributed by atoms with Crippen LogP contribution in [-0.2, 0) is 16.1 Å². The molecule has 27 heavy (non-hydrogen) atoms. The number of hydrogen-bond donors (Lipinski definition) is 3. The molecule has 0 saturated carbocycles. The van der Waals surface area contributed by atoms with Crippen molar-refractivity contribution >= 4 is 17.2 Å². The Bertz CT molecular complexity index is 664. The van der Waals surface area contributed by atoms with E-state index in [4.69, 9.17) is 9.94 Å². The standard InChI is InChI=1S/C20H27FN2O3S/c1-26-19(15-7-9-17(21)10-8-15)13-16(20(24)23-25)5-2-3-11-22-14-18-6-4-12-27-18/h4,6-10,12,16,19,22,25H,2-3,5,11,13-14H2,1H3,(H,23,24). The molecule has 0 aliphatic carbocycles. The van der Waals surface area contributed by atoms with Crippen LogP contribution in [0, 0.1) is 11.7 Å². The Morgan fingerprint density at radius 1 is 1.26 bits per heavy atom. The molecule has 0 aliphatic rings. The van der Waals surface area contributed by atoms with Gasteiger partial charge in [0.1, 0.15) is 5.82 Å². The third-order valence-electron chi connectivity index (χ3n) is 4.54. The van der Waals surface area contributed by atoms with Crippen molar-refractivity contribution in [2.75, 3.05) is 13.7 Å². The van der Waals surface area contributed by atoms with Crippen LogP contribution < -0.4 is 10.8 Å². The van der Waals surface area contributed by atoms with E-state index in [2.05, 4.69) is 16.8 Å². The maximum absolute atomic E-state index is 13.1. The normalized spacial score (nSPS) is 13.3. The minimum absolute atomic E-state index is 0.312. The van der Waals surface area contributed by atoms with E-state index in [9.17, 15) is 9.18 Å². The van der Waals surface area contributed by atoms with Gasteiger partial charge in [0.15, 0.2) is 0 Å². The molecule has 2 unspecified atom stereocenters. The fraction of sp³-hybridized carbons (Fsp3) is 0.450. The van der Waals surface area contributed by atoms with Crippen LogP contribution in [0.25, 0.3) is 0 Å². The molecule has 0 aliphatic heterocycles. The van der Waals surface area contributed by atoms with Crippen LogP contribution in [0.15, 0.2) is 41.8 Å². The first-order valence-electron chi connectivity index (χ1n) is 9.09. The summed E-state index contributed by atoms with van der Waals surface area (Å²) in [6.45, 7) is 1.73. The number of ether oxygens (including phenoxy) is 1. The third kappa shape index (κ3) is 7.38. The van der Waals surface area contributed by atoms with Crippen LogP contribution in [0.4, 0.5) is 4.39 Å². The topological polar surface area (TPSA) is 70.6 Å². The highest BCUT2D eigenvalue weighted by molar-refractivity contribution is 7.09. The molecule has 2 atom stereocenters. The largest absolute Gasteiger partial charge is 0.377 e. The Balaban J connectivity index is 1.79. The predicted octanol–water partition coefficient (Wildman–Crippen LogP) is 4.05. The van der Waals surface area contributed by atoms with Gasteiger partial charge in [-0.1, -0.05) is 24.6 Å². The number of halogens is 1. The van der Waals surface area contributed by atoms with E-state index < -0.39 is 5.91 Å². The van der Waals surface area contributed by atoms with Gasteiger partial charge in [0, 0.05) is 24.4 Å². The van der Waals surface area contributed by atoms with E-state index in [1.54, 1.807) is 36.1 Å². The van der Waals surface area contributed by atoms with Crippen LogP contribution in [0.5, 0.6) is 0 Å². The Morgan fingerprint density at radius 3 is 2.67 bits per heavy atom. The predicted molar refractivity (Wildman–Crippen MR) is 104 cm³/mol. The van der Waals surface area contributed by atoms with Gasteiger partial charge >= 0.3 is 0 Å². The van der Waals surface area contributed by atoms with Crippen molar-refractivity contribution in [1.82, 2.24) is 10.8 Å². The summed E-state index contributed by atoms with van der Waals surface area (Å²) in [5, 5.41) is 14.5. The first-order chi connectivity index (χ1) is 13.1. The maximum atomic E-state index is 13.1. The molecule has 1 heterocycles. The highest BCUT2D eigenvalue weighted by Crippen LogP contribution is 2.27. The maximum Gasteiger partial charge on any atom is 0.246 e. The fourth-order valence-corrected chi connectivity index (χ4v) is 3.69. The van der Waals surface area contributed by atoms with Crippen molar-refractivity contribution in [2.24, 2.45) is 5.92 Å². The molecule has 0 saturated heterocycles. The van der Waals surface area contributed by atoms with Gasteiger partial charge in [0.05, 0.1) is 6.10 Å². The second-order valence-corrected chi connectivity index (χ2v) is 7.47. The van der Waals surface area contributed by atoms with Gasteiger partial charge in [-0.3, -0.25) is 10.0 Å². The second kappa shape index (κ2) is 11.8. The summed E-state index contributed by atoms with van der Waals surface area (Å²) in [6.07, 6.45) is 2.54. The lowest BCUT2D eigenvalue weighted by atomic mass is 9.91. The number of nitrogens with one attached hydrogen (secondary N) is 2. The van der Waals surface area contributed by atoms with Gasteiger partial charge in [0.2, 0.25) is 5.91 Å². The van der Waals surface area contributed by atoms with Gasteiger partial charge in [-0.15, -0.1) is 11.3 Å². The number of carbonyl (C=O) groups is 1. The summed E-state index contributed by atoms with van der Waals surface area (Å²) in [6, 6.07) is 10.2. The van der Waals surface area contributed by atoms with Crippen molar-refractivity contribution in [3.63, 3.8) is 0 Å². The second-order valence-electron chi connectivity index (χ2n) is 6.44. The van der Waals surface area contributed by atoms with E-state index in [0.717, 1.165) is 31.5 Å². The monoisotopic (exact) mass is 394 g/mol. The summed E-state index contributed by atoms with van der Waals surface area (Å²) in [5.41, 5.74) is 2.57. The lowest BCUT2D eigenvalue weighted by Gasteiger charge is -2.22. The van der Waals surface area contributed by atoms with Crippen LogP contribution in [-0.4, -0.2) is 24.8 Å². The number of carbonyl (C=O) groups excluding carboxylic acids is 1. The highest BCUT2D eigenvalue weighted by Gasteiger charge is 2.23. The van der Waals surface area contributed by atoms with Crippen molar-refractivity contribution in [1.29, 1.82) is 0 Å². The molecule has 5 nitrogen and oxygen atoms in total. The number of unbranched alkanes of at least 4 members (excludes halogenated alkanes) is 1. The molecule has 1 amide bonds. The van der Waals surface area contributed by atoms with Crippen molar-refractivity contribution in [3.05, 3.63) is 58.0 Å². The lowest BCUT2D eigenvalue weighted by molar-refractivity contribution is -0.135. The van der Waals surface area contributed by atoms with E-state index in [-0.39, 0.29) is 17.8 Å². The number of hydroxylamine groups is 1.